The Morgan fingerprint density at radius 1 is 1.00 bits per heavy atom. The number of aliphatic hydroxyl groups excluding tert-OH is 1. The lowest BCUT2D eigenvalue weighted by Gasteiger charge is -2.25. The van der Waals surface area contributed by atoms with Crippen molar-refractivity contribution in [1.29, 1.82) is 0 Å². The van der Waals surface area contributed by atoms with Crippen molar-refractivity contribution in [3.63, 3.8) is 0 Å². The molecule has 34 heavy (non-hydrogen) atoms. The molecule has 1 aliphatic rings. The van der Waals surface area contributed by atoms with Crippen molar-refractivity contribution in [2.45, 2.75) is 17.9 Å². The molecule has 1 atom stereocenters. The van der Waals surface area contributed by atoms with Crippen LogP contribution in [0.5, 0.6) is 5.75 Å². The fourth-order valence-corrected chi connectivity index (χ4v) is 4.51. The topological polar surface area (TPSA) is 127 Å². The molecule has 4 rings (SSSR count). The number of benzene rings is 3. The van der Waals surface area contributed by atoms with Crippen LogP contribution in [0.2, 0.25) is 0 Å². The van der Waals surface area contributed by atoms with Gasteiger partial charge >= 0.3 is 0 Å². The molecule has 8 nitrogen and oxygen atoms in total. The zero-order chi connectivity index (χ0) is 24.6. The van der Waals surface area contributed by atoms with Gasteiger partial charge in [-0.15, -0.1) is 0 Å². The Kier molecular flexibility index (Phi) is 5.99. The van der Waals surface area contributed by atoms with Crippen molar-refractivity contribution >= 4 is 33.2 Å². The molecule has 174 valence electrons. The third-order valence-corrected chi connectivity index (χ3v) is 6.54. The van der Waals surface area contributed by atoms with Crippen molar-refractivity contribution in [2.24, 2.45) is 5.14 Å². The van der Waals surface area contributed by atoms with E-state index in [1.165, 1.54) is 36.3 Å². The standard InChI is InChI=1S/C25H22N2O6S/c1-15-8-13-20(33-2)19(14-15)23(28)21-22(16-6-4-3-5-7-16)27(25(30)24(21)29)17-9-11-18(12-10-17)34(26,31)32/h3-14,22,28H,1-2H3,(H2,26,31,32)/b23-21+. The van der Waals surface area contributed by atoms with Gasteiger partial charge in [0.2, 0.25) is 10.0 Å². The van der Waals surface area contributed by atoms with E-state index in [0.717, 1.165) is 5.56 Å². The quantitative estimate of drug-likeness (QED) is 0.329. The molecule has 0 saturated carbocycles. The number of hydrogen-bond acceptors (Lipinski definition) is 6. The van der Waals surface area contributed by atoms with Crippen LogP contribution in [0, 0.1) is 6.92 Å². The van der Waals surface area contributed by atoms with E-state index >= 15 is 0 Å². The third-order valence-electron chi connectivity index (χ3n) is 5.61. The highest BCUT2D eigenvalue weighted by Gasteiger charge is 2.47. The van der Waals surface area contributed by atoms with Crippen molar-refractivity contribution < 1.29 is 27.9 Å². The summed E-state index contributed by atoms with van der Waals surface area (Å²) in [5.41, 5.74) is 1.87. The second-order valence-corrected chi connectivity index (χ2v) is 9.38. The highest BCUT2D eigenvalue weighted by atomic mass is 32.2. The first kappa shape index (κ1) is 23.2. The molecule has 3 aromatic carbocycles. The second kappa shape index (κ2) is 8.77. The minimum atomic E-state index is -3.94. The summed E-state index contributed by atoms with van der Waals surface area (Å²) < 4.78 is 28.7. The Bertz CT molecular complexity index is 1410. The molecule has 3 aromatic rings. The largest absolute Gasteiger partial charge is 0.507 e. The fourth-order valence-electron chi connectivity index (χ4n) is 4.00. The van der Waals surface area contributed by atoms with Gasteiger partial charge in [-0.05, 0) is 48.9 Å². The number of Topliss-reactive ketones (excluding diaryl/α,β-unsaturated/α-hetero) is 1. The Balaban J connectivity index is 1.95. The van der Waals surface area contributed by atoms with Crippen LogP contribution in [0.25, 0.3) is 5.76 Å². The lowest BCUT2D eigenvalue weighted by atomic mass is 9.94. The van der Waals surface area contributed by atoms with E-state index in [2.05, 4.69) is 0 Å². The Morgan fingerprint density at radius 2 is 1.65 bits per heavy atom. The number of methoxy groups -OCH3 is 1. The molecule has 1 fully saturated rings. The fraction of sp³-hybridized carbons (Fsp3) is 0.120. The normalized spacial score (nSPS) is 17.7. The summed E-state index contributed by atoms with van der Waals surface area (Å²) >= 11 is 0. The van der Waals surface area contributed by atoms with Gasteiger partial charge in [-0.3, -0.25) is 14.5 Å². The van der Waals surface area contributed by atoms with Gasteiger partial charge in [0.05, 0.1) is 29.2 Å². The van der Waals surface area contributed by atoms with Gasteiger partial charge in [0.15, 0.2) is 0 Å². The van der Waals surface area contributed by atoms with Crippen LogP contribution in [0.15, 0.2) is 83.3 Å². The minimum absolute atomic E-state index is 0.101. The van der Waals surface area contributed by atoms with E-state index in [1.54, 1.807) is 48.5 Å². The highest BCUT2D eigenvalue weighted by Crippen LogP contribution is 2.43. The maximum atomic E-state index is 13.2. The Labute approximate surface area is 196 Å². The average molecular weight is 479 g/mol. The number of nitrogens with two attached hydrogens (primary N) is 1. The number of carbonyl (C=O) groups is 2. The molecule has 1 amide bonds. The number of sulfonamides is 1. The van der Waals surface area contributed by atoms with Crippen LogP contribution in [-0.2, 0) is 19.6 Å². The van der Waals surface area contributed by atoms with Crippen LogP contribution in [-0.4, -0.2) is 32.3 Å². The number of aryl methyl sites for hydroxylation is 1. The molecule has 0 aromatic heterocycles. The van der Waals surface area contributed by atoms with Crippen LogP contribution in [0.1, 0.15) is 22.7 Å². The van der Waals surface area contributed by atoms with Gasteiger partial charge in [-0.2, -0.15) is 0 Å². The SMILES string of the molecule is COc1ccc(C)cc1/C(O)=C1\C(=O)C(=O)N(c2ccc(S(N)(=O)=O)cc2)C1c1ccccc1. The molecule has 0 aliphatic carbocycles. The van der Waals surface area contributed by atoms with Crippen LogP contribution < -0.4 is 14.8 Å². The Morgan fingerprint density at radius 3 is 2.24 bits per heavy atom. The summed E-state index contributed by atoms with van der Waals surface area (Å²) in [6.07, 6.45) is 0. The number of nitrogens with zero attached hydrogens (tertiary/aromatic N) is 1. The summed E-state index contributed by atoms with van der Waals surface area (Å²) in [6.45, 7) is 1.83. The van der Waals surface area contributed by atoms with Gasteiger partial charge in [0.25, 0.3) is 11.7 Å². The summed E-state index contributed by atoms with van der Waals surface area (Å²) in [4.78, 5) is 27.5. The third kappa shape index (κ3) is 4.07. The van der Waals surface area contributed by atoms with Crippen molar-refractivity contribution in [2.75, 3.05) is 12.0 Å². The Hall–Kier alpha value is -3.95. The number of ketones is 1. The van der Waals surface area contributed by atoms with Gasteiger partial charge in [-0.1, -0.05) is 42.0 Å². The number of primary sulfonamides is 1. The van der Waals surface area contributed by atoms with Gasteiger partial charge in [-0.25, -0.2) is 13.6 Å². The molecule has 1 saturated heterocycles. The molecule has 0 bridgehead atoms. The summed E-state index contributed by atoms with van der Waals surface area (Å²) in [6, 6.07) is 18.3. The number of aliphatic hydroxyl groups is 1. The molecule has 0 spiro atoms. The molecule has 1 unspecified atom stereocenters. The predicted molar refractivity (Wildman–Crippen MR) is 127 cm³/mol. The molecule has 1 aliphatic heterocycles. The van der Waals surface area contributed by atoms with E-state index in [9.17, 15) is 23.1 Å². The first-order chi connectivity index (χ1) is 16.1. The average Bonchev–Trinajstić information content (AvgIpc) is 3.09. The monoisotopic (exact) mass is 478 g/mol. The van der Waals surface area contributed by atoms with E-state index in [4.69, 9.17) is 9.88 Å². The van der Waals surface area contributed by atoms with Crippen molar-refractivity contribution in [1.82, 2.24) is 0 Å². The highest BCUT2D eigenvalue weighted by molar-refractivity contribution is 7.89. The summed E-state index contributed by atoms with van der Waals surface area (Å²) in [7, 11) is -2.49. The number of hydrogen-bond donors (Lipinski definition) is 2. The maximum Gasteiger partial charge on any atom is 0.300 e. The zero-order valence-corrected chi connectivity index (χ0v) is 19.2. The second-order valence-electron chi connectivity index (χ2n) is 7.82. The summed E-state index contributed by atoms with van der Waals surface area (Å²) in [5, 5.41) is 16.5. The van der Waals surface area contributed by atoms with Gasteiger partial charge in [0.1, 0.15) is 11.5 Å². The molecular weight excluding hydrogens is 456 g/mol. The lowest BCUT2D eigenvalue weighted by Crippen LogP contribution is -2.29. The number of anilines is 1. The number of amides is 1. The van der Waals surface area contributed by atoms with Gasteiger partial charge in [0, 0.05) is 5.69 Å². The van der Waals surface area contributed by atoms with Crippen molar-refractivity contribution in [3.8, 4) is 5.75 Å². The molecule has 0 radical (unpaired) electrons. The van der Waals surface area contributed by atoms with E-state index in [1.807, 2.05) is 6.92 Å². The zero-order valence-electron chi connectivity index (χ0n) is 18.4. The predicted octanol–water partition coefficient (Wildman–Crippen LogP) is 3.28. The van der Waals surface area contributed by atoms with E-state index in [0.29, 0.717) is 11.3 Å². The number of rotatable bonds is 5. The number of carbonyl (C=O) groups excluding carboxylic acids is 2. The smallest absolute Gasteiger partial charge is 0.300 e. The van der Waals surface area contributed by atoms with E-state index < -0.39 is 27.8 Å². The molecular formula is C25H22N2O6S. The van der Waals surface area contributed by atoms with Crippen LogP contribution in [0.4, 0.5) is 5.69 Å². The van der Waals surface area contributed by atoms with Crippen LogP contribution in [0.3, 0.4) is 0 Å². The van der Waals surface area contributed by atoms with E-state index in [-0.39, 0.29) is 27.5 Å². The molecule has 3 N–H and O–H groups in total. The molecule has 1 heterocycles. The lowest BCUT2D eigenvalue weighted by molar-refractivity contribution is -0.132. The van der Waals surface area contributed by atoms with Crippen molar-refractivity contribution in [3.05, 3.63) is 95.1 Å². The van der Waals surface area contributed by atoms with Gasteiger partial charge < -0.3 is 9.84 Å². The van der Waals surface area contributed by atoms with Crippen LogP contribution >= 0.6 is 0 Å². The minimum Gasteiger partial charge on any atom is -0.507 e. The first-order valence-corrected chi connectivity index (χ1v) is 11.8. The first-order valence-electron chi connectivity index (χ1n) is 10.3. The number of ether oxygens (including phenoxy) is 1. The maximum absolute atomic E-state index is 13.2. The summed E-state index contributed by atoms with van der Waals surface area (Å²) in [5.74, 6) is -1.74. The molecule has 9 heteroatoms.